The van der Waals surface area contributed by atoms with E-state index in [4.69, 9.17) is 0 Å². The molecule has 0 radical (unpaired) electrons. The normalized spacial score (nSPS) is 5.17. The van der Waals surface area contributed by atoms with E-state index in [0.29, 0.717) is 0 Å². The maximum absolute atomic E-state index is 2.68. The Bertz CT molecular complexity index is 127. The molecule has 0 aromatic heterocycles. The summed E-state index contributed by atoms with van der Waals surface area (Å²) in [7, 11) is 0. The van der Waals surface area contributed by atoms with Crippen LogP contribution in [0.25, 0.3) is 0 Å². The molecule has 12 heavy (non-hydrogen) atoms. The fraction of sp³-hybridized carbons (Fsp3) is 0.667. The van der Waals surface area contributed by atoms with Crippen molar-refractivity contribution >= 4 is 0 Å². The zero-order chi connectivity index (χ0) is 8.57. The Morgan fingerprint density at radius 2 is 0.833 bits per heavy atom. The number of hydrogen-bond acceptors (Lipinski definition) is 0. The summed E-state index contributed by atoms with van der Waals surface area (Å²) < 4.78 is 0. The second-order valence-electron chi connectivity index (χ2n) is 2.50. The summed E-state index contributed by atoms with van der Waals surface area (Å²) in [4.78, 5) is 0. The van der Waals surface area contributed by atoms with E-state index in [2.05, 4.69) is 39.5 Å². The SMILES string of the molecule is C.C.CC#CC.CC(C)=C(C)C. The summed E-state index contributed by atoms with van der Waals surface area (Å²) in [6, 6.07) is 0. The first kappa shape index (κ1) is 22.5. The third kappa shape index (κ3) is 34.6. The average molecular weight is 170 g/mol. The molecule has 0 aliphatic carbocycles. The summed E-state index contributed by atoms with van der Waals surface area (Å²) in [5, 5.41) is 0. The Hall–Kier alpha value is -0.700. The lowest BCUT2D eigenvalue weighted by molar-refractivity contribution is 1.23. The van der Waals surface area contributed by atoms with Crippen LogP contribution in [0.3, 0.4) is 0 Å². The third-order valence-corrected chi connectivity index (χ3v) is 1.25. The molecule has 0 heterocycles. The van der Waals surface area contributed by atoms with Crippen molar-refractivity contribution in [2.45, 2.75) is 56.4 Å². The van der Waals surface area contributed by atoms with Crippen LogP contribution in [0.4, 0.5) is 0 Å². The van der Waals surface area contributed by atoms with Gasteiger partial charge in [-0.2, -0.15) is 0 Å². The highest BCUT2D eigenvalue weighted by atomic mass is 13.8. The Kier molecular flexibility index (Phi) is 31.3. The van der Waals surface area contributed by atoms with Gasteiger partial charge in [0.15, 0.2) is 0 Å². The van der Waals surface area contributed by atoms with Crippen LogP contribution in [0.1, 0.15) is 56.4 Å². The molecule has 0 heteroatoms. The van der Waals surface area contributed by atoms with E-state index in [1.807, 2.05) is 13.8 Å². The summed E-state index contributed by atoms with van der Waals surface area (Å²) in [6.07, 6.45) is 0. The monoisotopic (exact) mass is 170 g/mol. The second kappa shape index (κ2) is 16.7. The zero-order valence-corrected chi connectivity index (χ0v) is 8.00. The molecule has 0 atom stereocenters. The Labute approximate surface area is 80.1 Å². The lowest BCUT2D eigenvalue weighted by atomic mass is 10.2. The fourth-order valence-electron chi connectivity index (χ4n) is 0. The maximum atomic E-state index is 2.68. The van der Waals surface area contributed by atoms with Crippen molar-refractivity contribution in [1.82, 2.24) is 0 Å². The van der Waals surface area contributed by atoms with Crippen molar-refractivity contribution in [2.24, 2.45) is 0 Å². The molecule has 0 nitrogen and oxygen atoms in total. The summed E-state index contributed by atoms with van der Waals surface area (Å²) in [5.41, 5.74) is 2.85. The summed E-state index contributed by atoms with van der Waals surface area (Å²) in [5.74, 6) is 5.36. The van der Waals surface area contributed by atoms with E-state index in [-0.39, 0.29) is 14.9 Å². The lowest BCUT2D eigenvalue weighted by Crippen LogP contribution is -1.66. The Morgan fingerprint density at radius 3 is 0.833 bits per heavy atom. The number of rotatable bonds is 0. The van der Waals surface area contributed by atoms with Crippen LogP contribution in [0.15, 0.2) is 11.1 Å². The van der Waals surface area contributed by atoms with Crippen LogP contribution in [0.5, 0.6) is 0 Å². The molecular weight excluding hydrogens is 144 g/mol. The first-order valence-electron chi connectivity index (χ1n) is 3.50. The van der Waals surface area contributed by atoms with Gasteiger partial charge < -0.3 is 0 Å². The Morgan fingerprint density at radius 1 is 0.667 bits per heavy atom. The van der Waals surface area contributed by atoms with E-state index in [9.17, 15) is 0 Å². The predicted molar refractivity (Wildman–Crippen MR) is 62.3 cm³/mol. The van der Waals surface area contributed by atoms with Crippen molar-refractivity contribution in [3.8, 4) is 11.8 Å². The Balaban J connectivity index is -0.0000000483. The van der Waals surface area contributed by atoms with Crippen LogP contribution in [0.2, 0.25) is 0 Å². The molecule has 0 aromatic rings. The van der Waals surface area contributed by atoms with Gasteiger partial charge in [0.05, 0.1) is 0 Å². The largest absolute Gasteiger partial charge is 0.107 e. The van der Waals surface area contributed by atoms with Gasteiger partial charge in [-0.3, -0.25) is 0 Å². The third-order valence-electron chi connectivity index (χ3n) is 1.25. The summed E-state index contributed by atoms with van der Waals surface area (Å²) in [6.45, 7) is 12.1. The van der Waals surface area contributed by atoms with Gasteiger partial charge in [0, 0.05) is 0 Å². The second-order valence-corrected chi connectivity index (χ2v) is 2.50. The van der Waals surface area contributed by atoms with Crippen molar-refractivity contribution < 1.29 is 0 Å². The molecule has 0 amide bonds. The highest BCUT2D eigenvalue weighted by Crippen LogP contribution is 1.96. The fourth-order valence-corrected chi connectivity index (χ4v) is 0. The molecule has 0 fully saturated rings. The van der Waals surface area contributed by atoms with Crippen LogP contribution in [-0.4, -0.2) is 0 Å². The molecule has 0 rings (SSSR count). The van der Waals surface area contributed by atoms with E-state index in [0.717, 1.165) is 0 Å². The molecular formula is C12H26. The summed E-state index contributed by atoms with van der Waals surface area (Å²) >= 11 is 0. The highest BCUT2D eigenvalue weighted by Gasteiger charge is 1.75. The minimum absolute atomic E-state index is 0. The van der Waals surface area contributed by atoms with Crippen LogP contribution >= 0.6 is 0 Å². The smallest absolute Gasteiger partial charge is 0.00271 e. The van der Waals surface area contributed by atoms with Crippen molar-refractivity contribution in [2.75, 3.05) is 0 Å². The zero-order valence-electron chi connectivity index (χ0n) is 8.00. The van der Waals surface area contributed by atoms with Gasteiger partial charge in [0.1, 0.15) is 0 Å². The van der Waals surface area contributed by atoms with E-state index in [1.54, 1.807) is 0 Å². The van der Waals surface area contributed by atoms with Crippen molar-refractivity contribution in [1.29, 1.82) is 0 Å². The maximum Gasteiger partial charge on any atom is -0.00271 e. The quantitative estimate of drug-likeness (QED) is 0.366. The van der Waals surface area contributed by atoms with Gasteiger partial charge in [-0.25, -0.2) is 0 Å². The van der Waals surface area contributed by atoms with Gasteiger partial charge in [-0.15, -0.1) is 11.8 Å². The van der Waals surface area contributed by atoms with Gasteiger partial charge in [0.25, 0.3) is 0 Å². The van der Waals surface area contributed by atoms with E-state index in [1.165, 1.54) is 11.1 Å². The van der Waals surface area contributed by atoms with E-state index >= 15 is 0 Å². The molecule has 0 bridgehead atoms. The molecule has 0 spiro atoms. The van der Waals surface area contributed by atoms with Crippen molar-refractivity contribution in [3.63, 3.8) is 0 Å². The predicted octanol–water partition coefficient (Wildman–Crippen LogP) is 4.66. The lowest BCUT2D eigenvalue weighted by Gasteiger charge is -1.88. The van der Waals surface area contributed by atoms with Gasteiger partial charge in [-0.1, -0.05) is 26.0 Å². The van der Waals surface area contributed by atoms with Gasteiger partial charge >= 0.3 is 0 Å². The van der Waals surface area contributed by atoms with Gasteiger partial charge in [-0.05, 0) is 41.5 Å². The molecule has 0 unspecified atom stereocenters. The standard InChI is InChI=1S/C6H12.C4H6.2CH4/c1-5(2)6(3)4;1-3-4-2;;/h1-4H3;1-2H3;2*1H4. The molecule has 74 valence electrons. The number of hydrogen-bond donors (Lipinski definition) is 0. The van der Waals surface area contributed by atoms with Crippen LogP contribution in [-0.2, 0) is 0 Å². The first-order valence-corrected chi connectivity index (χ1v) is 3.50. The molecule has 0 aliphatic heterocycles. The molecule has 0 aromatic carbocycles. The molecule has 0 aliphatic rings. The molecule has 0 N–H and O–H groups in total. The molecule has 0 saturated carbocycles. The van der Waals surface area contributed by atoms with Crippen LogP contribution in [0, 0.1) is 11.8 Å². The average Bonchev–Trinajstić information content (AvgIpc) is 1.89. The first-order chi connectivity index (χ1) is 4.56. The molecule has 0 saturated heterocycles. The minimum Gasteiger partial charge on any atom is -0.107 e. The topological polar surface area (TPSA) is 0 Å². The highest BCUT2D eigenvalue weighted by molar-refractivity contribution is 5.02. The van der Waals surface area contributed by atoms with Gasteiger partial charge in [0.2, 0.25) is 0 Å². The van der Waals surface area contributed by atoms with Crippen LogP contribution < -0.4 is 0 Å². The number of allylic oxidation sites excluding steroid dienone is 2. The minimum atomic E-state index is 0. The van der Waals surface area contributed by atoms with Crippen molar-refractivity contribution in [3.05, 3.63) is 11.1 Å². The van der Waals surface area contributed by atoms with E-state index < -0.39 is 0 Å².